The molecule has 38 heavy (non-hydrogen) atoms. The predicted octanol–water partition coefficient (Wildman–Crippen LogP) is -2.74. The number of carbonyl (C=O) groups is 5. The number of rotatable bonds is 16. The standard InChI is InChI=1S/C22H33N7O8S/c23-13(10-38)18(33)28-15(8-11-3-5-12(30)6-4-11)20(35)27-14(2-1-7-26-22(24)25)19(34)29-16(21(36)37)9-17(31)32/h3-6,13-16,30,38H,1-2,7-10,23H2,(H,27,35)(H,28,33)(H,29,34)(H,31,32)(H,36,37)(H4,24,25,26). The molecule has 4 unspecified atom stereocenters. The van der Waals surface area contributed by atoms with Gasteiger partial charge in [0.1, 0.15) is 23.9 Å². The molecule has 1 aromatic rings. The third-order valence-corrected chi connectivity index (χ3v) is 5.51. The van der Waals surface area contributed by atoms with Gasteiger partial charge >= 0.3 is 11.9 Å². The Morgan fingerprint density at radius 1 is 0.895 bits per heavy atom. The molecule has 0 aliphatic carbocycles. The second kappa shape index (κ2) is 15.9. The Hall–Kier alpha value is -4.05. The molecule has 0 radical (unpaired) electrons. The molecule has 0 aromatic heterocycles. The van der Waals surface area contributed by atoms with Crippen molar-refractivity contribution in [2.45, 2.75) is 49.9 Å². The van der Waals surface area contributed by atoms with Crippen molar-refractivity contribution in [3.05, 3.63) is 29.8 Å². The Labute approximate surface area is 223 Å². The molecule has 0 heterocycles. The lowest BCUT2D eigenvalue weighted by Crippen LogP contribution is -2.58. The van der Waals surface area contributed by atoms with Crippen LogP contribution >= 0.6 is 12.6 Å². The number of guanidine groups is 1. The van der Waals surface area contributed by atoms with E-state index in [1.165, 1.54) is 24.3 Å². The van der Waals surface area contributed by atoms with Crippen LogP contribution in [0.1, 0.15) is 24.8 Å². The Morgan fingerprint density at radius 3 is 1.97 bits per heavy atom. The topological polar surface area (TPSA) is 273 Å². The third-order valence-electron chi connectivity index (χ3n) is 5.11. The number of aromatic hydroxyl groups is 1. The molecule has 0 saturated heterocycles. The van der Waals surface area contributed by atoms with E-state index in [0.29, 0.717) is 5.56 Å². The number of carboxylic acids is 2. The molecule has 16 heteroatoms. The van der Waals surface area contributed by atoms with Crippen molar-refractivity contribution < 1.29 is 39.3 Å². The van der Waals surface area contributed by atoms with Crippen LogP contribution in [0.4, 0.5) is 0 Å². The first-order chi connectivity index (χ1) is 17.8. The van der Waals surface area contributed by atoms with Crippen molar-refractivity contribution in [1.82, 2.24) is 16.0 Å². The molecule has 0 saturated carbocycles. The number of hydrogen-bond donors (Lipinski definition) is 10. The van der Waals surface area contributed by atoms with Crippen LogP contribution in [-0.2, 0) is 30.4 Å². The van der Waals surface area contributed by atoms with Gasteiger partial charge < -0.3 is 48.5 Å². The number of hydrogen-bond acceptors (Lipinski definition) is 9. The number of phenolic OH excluding ortho intramolecular Hbond substituents is 1. The number of carboxylic acid groups (broad SMARTS) is 2. The molecule has 3 amide bonds. The van der Waals surface area contributed by atoms with Crippen LogP contribution in [0.15, 0.2) is 29.3 Å². The first-order valence-electron chi connectivity index (χ1n) is 11.4. The lowest BCUT2D eigenvalue weighted by Gasteiger charge is -2.25. The first-order valence-corrected chi connectivity index (χ1v) is 12.0. The minimum Gasteiger partial charge on any atom is -0.508 e. The van der Waals surface area contributed by atoms with Gasteiger partial charge in [-0.15, -0.1) is 0 Å². The monoisotopic (exact) mass is 555 g/mol. The minimum atomic E-state index is -1.75. The maximum Gasteiger partial charge on any atom is 0.326 e. The number of aliphatic imine (C=N–C) groups is 1. The van der Waals surface area contributed by atoms with Gasteiger partial charge in [-0.1, -0.05) is 12.1 Å². The molecule has 15 nitrogen and oxygen atoms in total. The summed E-state index contributed by atoms with van der Waals surface area (Å²) in [4.78, 5) is 64.7. The normalized spacial score (nSPS) is 13.7. The fourth-order valence-corrected chi connectivity index (χ4v) is 3.30. The highest BCUT2D eigenvalue weighted by atomic mass is 32.1. The van der Waals surface area contributed by atoms with E-state index < -0.39 is 60.2 Å². The number of nitrogens with zero attached hydrogens (tertiary/aromatic N) is 1. The first kappa shape index (κ1) is 32.0. The van der Waals surface area contributed by atoms with Crippen LogP contribution in [0, 0.1) is 0 Å². The molecule has 0 aliphatic rings. The average molecular weight is 556 g/mol. The maximum atomic E-state index is 13.2. The molecule has 12 N–H and O–H groups in total. The summed E-state index contributed by atoms with van der Waals surface area (Å²) in [5.74, 6) is -5.69. The van der Waals surface area contributed by atoms with E-state index in [1.54, 1.807) is 0 Å². The summed E-state index contributed by atoms with van der Waals surface area (Å²) in [6.07, 6.45) is -0.802. The fraction of sp³-hybridized carbons (Fsp3) is 0.455. The van der Waals surface area contributed by atoms with E-state index in [-0.39, 0.29) is 43.3 Å². The predicted molar refractivity (Wildman–Crippen MR) is 139 cm³/mol. The SMILES string of the molecule is NC(N)=NCCCC(NC(=O)C(Cc1ccc(O)cc1)NC(=O)C(N)CS)C(=O)NC(CC(=O)O)C(=O)O. The summed E-state index contributed by atoms with van der Waals surface area (Å²) in [5, 5.41) is 34.8. The van der Waals surface area contributed by atoms with E-state index in [0.717, 1.165) is 0 Å². The molecule has 0 aliphatic heterocycles. The lowest BCUT2D eigenvalue weighted by atomic mass is 10.0. The molecule has 1 aromatic carbocycles. The van der Waals surface area contributed by atoms with Crippen LogP contribution in [-0.4, -0.2) is 87.4 Å². The summed E-state index contributed by atoms with van der Waals surface area (Å²) >= 11 is 3.97. The molecule has 210 valence electrons. The number of thiol groups is 1. The lowest BCUT2D eigenvalue weighted by molar-refractivity contribution is -0.147. The second-order valence-electron chi connectivity index (χ2n) is 8.23. The minimum absolute atomic E-state index is 0.00460. The number of carbonyl (C=O) groups excluding carboxylic acids is 3. The van der Waals surface area contributed by atoms with E-state index in [2.05, 4.69) is 33.6 Å². The highest BCUT2D eigenvalue weighted by Gasteiger charge is 2.31. The van der Waals surface area contributed by atoms with Gasteiger partial charge in [-0.3, -0.25) is 24.2 Å². The molecule has 0 fully saturated rings. The molecule has 0 bridgehead atoms. The van der Waals surface area contributed by atoms with Crippen molar-refractivity contribution >= 4 is 48.2 Å². The van der Waals surface area contributed by atoms with Gasteiger partial charge in [0.15, 0.2) is 5.96 Å². The van der Waals surface area contributed by atoms with Gasteiger partial charge in [0.25, 0.3) is 0 Å². The number of benzene rings is 1. The largest absolute Gasteiger partial charge is 0.508 e. The van der Waals surface area contributed by atoms with Crippen molar-refractivity contribution in [1.29, 1.82) is 0 Å². The van der Waals surface area contributed by atoms with Gasteiger partial charge in [0.2, 0.25) is 17.7 Å². The number of nitrogens with two attached hydrogens (primary N) is 3. The highest BCUT2D eigenvalue weighted by Crippen LogP contribution is 2.12. The third kappa shape index (κ3) is 11.8. The molecule has 0 spiro atoms. The van der Waals surface area contributed by atoms with Gasteiger partial charge in [0, 0.05) is 18.7 Å². The molecule has 4 atom stereocenters. The zero-order valence-corrected chi connectivity index (χ0v) is 21.3. The van der Waals surface area contributed by atoms with Crippen LogP contribution in [0.2, 0.25) is 0 Å². The van der Waals surface area contributed by atoms with Crippen LogP contribution < -0.4 is 33.2 Å². The second-order valence-corrected chi connectivity index (χ2v) is 8.59. The van der Waals surface area contributed by atoms with E-state index >= 15 is 0 Å². The quantitative estimate of drug-likeness (QED) is 0.0432. The summed E-state index contributed by atoms with van der Waals surface area (Å²) < 4.78 is 0. The van der Waals surface area contributed by atoms with Crippen LogP contribution in [0.3, 0.4) is 0 Å². The van der Waals surface area contributed by atoms with Crippen molar-refractivity contribution in [3.63, 3.8) is 0 Å². The fourth-order valence-electron chi connectivity index (χ4n) is 3.13. The Bertz CT molecular complexity index is 1020. The number of phenols is 1. The summed E-state index contributed by atoms with van der Waals surface area (Å²) in [5.41, 5.74) is 16.8. The maximum absolute atomic E-state index is 13.2. The van der Waals surface area contributed by atoms with E-state index in [4.69, 9.17) is 22.3 Å². The smallest absolute Gasteiger partial charge is 0.326 e. The average Bonchev–Trinajstić information content (AvgIpc) is 2.84. The van der Waals surface area contributed by atoms with Crippen molar-refractivity contribution in [2.24, 2.45) is 22.2 Å². The highest BCUT2D eigenvalue weighted by molar-refractivity contribution is 7.80. The van der Waals surface area contributed by atoms with Crippen LogP contribution in [0.5, 0.6) is 5.75 Å². The molecular weight excluding hydrogens is 522 g/mol. The Morgan fingerprint density at radius 2 is 1.45 bits per heavy atom. The number of nitrogens with one attached hydrogen (secondary N) is 3. The molecular formula is C22H33N7O8S. The molecule has 1 rings (SSSR count). The summed E-state index contributed by atoms with van der Waals surface area (Å²) in [6.45, 7) is 0.0872. The van der Waals surface area contributed by atoms with Crippen molar-refractivity contribution in [3.8, 4) is 5.75 Å². The zero-order valence-electron chi connectivity index (χ0n) is 20.4. The van der Waals surface area contributed by atoms with E-state index in [1.807, 2.05) is 0 Å². The number of amides is 3. The Balaban J connectivity index is 3.16. The summed E-state index contributed by atoms with van der Waals surface area (Å²) in [7, 11) is 0. The van der Waals surface area contributed by atoms with Crippen LogP contribution in [0.25, 0.3) is 0 Å². The van der Waals surface area contributed by atoms with E-state index in [9.17, 15) is 34.2 Å². The zero-order chi connectivity index (χ0) is 28.8. The number of aliphatic carboxylic acids is 2. The van der Waals surface area contributed by atoms with Gasteiger partial charge in [0.05, 0.1) is 12.5 Å². The van der Waals surface area contributed by atoms with Gasteiger partial charge in [-0.05, 0) is 30.5 Å². The van der Waals surface area contributed by atoms with Gasteiger partial charge in [-0.2, -0.15) is 12.6 Å². The van der Waals surface area contributed by atoms with Gasteiger partial charge in [-0.25, -0.2) is 4.79 Å². The Kier molecular flexibility index (Phi) is 13.4. The summed E-state index contributed by atoms with van der Waals surface area (Å²) in [6, 6.07) is 0.509. The van der Waals surface area contributed by atoms with Crippen molar-refractivity contribution in [2.75, 3.05) is 12.3 Å².